The maximum Gasteiger partial charge on any atom is 0.385 e. The second-order valence-corrected chi connectivity index (χ2v) is 3.31. The maximum absolute atomic E-state index is 12.0. The molecule has 0 aromatic carbocycles. The minimum absolute atomic E-state index is 1.36. The minimum Gasteiger partial charge on any atom is -0.228 e. The molecule has 0 N–H and O–H groups in total. The molecule has 0 aromatic heterocycles. The van der Waals surface area contributed by atoms with Crippen molar-refractivity contribution < 1.29 is 30.7 Å². The molecule has 1 aliphatic rings. The third-order valence-corrected chi connectivity index (χ3v) is 2.38. The Bertz CT molecular complexity index is 200. The van der Waals surface area contributed by atoms with Gasteiger partial charge in [0, 0.05) is 0 Å². The molecule has 1 heterocycles. The quantitative estimate of drug-likeness (QED) is 0.558. The molecule has 1 saturated heterocycles. The van der Waals surface area contributed by atoms with Gasteiger partial charge in [-0.15, -0.1) is 0 Å². The molecule has 1 unspecified atom stereocenters. The predicted molar refractivity (Wildman–Crippen MR) is 27.3 cm³/mol. The average molecular weight is 214 g/mol. The summed E-state index contributed by atoms with van der Waals surface area (Å²) in [5.41, 5.74) is -3.57. The van der Waals surface area contributed by atoms with Crippen LogP contribution in [0.15, 0.2) is 0 Å². The Balaban J connectivity index is 3.10. The molecular weight excluding hydrogens is 213 g/mol. The van der Waals surface area contributed by atoms with Crippen LogP contribution in [0.25, 0.3) is 0 Å². The van der Waals surface area contributed by atoms with Crippen LogP contribution in [0.3, 0.4) is 0 Å². The van der Waals surface area contributed by atoms with E-state index >= 15 is 0 Å². The first kappa shape index (κ1) is 9.94. The lowest BCUT2D eigenvalue weighted by molar-refractivity contribution is -0.270. The van der Waals surface area contributed by atoms with Gasteiger partial charge in [-0.05, 0) is 11.8 Å². The lowest BCUT2D eigenvalue weighted by Crippen LogP contribution is -2.48. The number of alkyl halides is 7. The van der Waals surface area contributed by atoms with Crippen LogP contribution in [0, 0.1) is 0 Å². The van der Waals surface area contributed by atoms with Gasteiger partial charge in [0.2, 0.25) is 5.50 Å². The van der Waals surface area contributed by atoms with Gasteiger partial charge >= 0.3 is 17.1 Å². The van der Waals surface area contributed by atoms with Gasteiger partial charge in [0.15, 0.2) is 0 Å². The number of rotatable bonds is 0. The van der Waals surface area contributed by atoms with Gasteiger partial charge in [0.05, 0.1) is 0 Å². The zero-order valence-electron chi connectivity index (χ0n) is 5.13. The van der Waals surface area contributed by atoms with Crippen molar-refractivity contribution in [2.45, 2.75) is 22.6 Å². The van der Waals surface area contributed by atoms with Gasteiger partial charge in [-0.2, -0.15) is 26.3 Å². The molecule has 8 heteroatoms. The van der Waals surface area contributed by atoms with E-state index in [9.17, 15) is 30.7 Å². The first-order chi connectivity index (χ1) is 5.13. The predicted octanol–water partition coefficient (Wildman–Crippen LogP) is 2.89. The van der Waals surface area contributed by atoms with E-state index in [1.54, 1.807) is 0 Å². The second kappa shape index (κ2) is 2.21. The van der Waals surface area contributed by atoms with E-state index in [0.717, 1.165) is 0 Å². The summed E-state index contributed by atoms with van der Waals surface area (Å²) in [5, 5.41) is -5.05. The van der Waals surface area contributed by atoms with Gasteiger partial charge in [0.1, 0.15) is 0 Å². The van der Waals surface area contributed by atoms with Crippen molar-refractivity contribution in [3.05, 3.63) is 0 Å². The van der Waals surface area contributed by atoms with Gasteiger partial charge in [-0.3, -0.25) is 0 Å². The fourth-order valence-electron chi connectivity index (χ4n) is 0.615. The number of hydrogen-bond acceptors (Lipinski definition) is 1. The fraction of sp³-hybridized carbons (Fsp3) is 1.00. The summed E-state index contributed by atoms with van der Waals surface area (Å²) in [5.74, 6) is -10.9. The number of hydrogen-bond donors (Lipinski definition) is 0. The van der Waals surface area contributed by atoms with E-state index in [0.29, 0.717) is 0 Å². The van der Waals surface area contributed by atoms with E-state index < -0.39 is 34.4 Å². The highest BCUT2D eigenvalue weighted by Gasteiger charge is 2.82. The first-order valence-corrected chi connectivity index (χ1v) is 3.46. The lowest BCUT2D eigenvalue weighted by atomic mass is 10.2. The summed E-state index contributed by atoms with van der Waals surface area (Å²) in [7, 11) is 0. The van der Waals surface area contributed by atoms with Crippen molar-refractivity contribution in [3.63, 3.8) is 0 Å². The fourth-order valence-corrected chi connectivity index (χ4v) is 1.45. The molecule has 12 heavy (non-hydrogen) atoms. The van der Waals surface area contributed by atoms with Gasteiger partial charge in [-0.25, -0.2) is 4.39 Å². The van der Waals surface area contributed by atoms with Crippen LogP contribution in [0.4, 0.5) is 30.7 Å². The molecular formula is C4HF7S. The number of thioether (sulfide) groups is 1. The molecule has 0 amide bonds. The standard InChI is InChI=1S/C4HF7S/c5-1-2(6,7)3(8,9)4(10,11)12-1/h1H. The molecule has 1 fully saturated rings. The van der Waals surface area contributed by atoms with Crippen LogP contribution < -0.4 is 0 Å². The largest absolute Gasteiger partial charge is 0.385 e. The Morgan fingerprint density at radius 3 is 1.42 bits per heavy atom. The van der Waals surface area contributed by atoms with Crippen molar-refractivity contribution in [2.75, 3.05) is 0 Å². The average Bonchev–Trinajstić information content (AvgIpc) is 1.92. The van der Waals surface area contributed by atoms with Crippen molar-refractivity contribution in [1.29, 1.82) is 0 Å². The summed E-state index contributed by atoms with van der Waals surface area (Å²) in [4.78, 5) is 0. The monoisotopic (exact) mass is 214 g/mol. The van der Waals surface area contributed by atoms with E-state index in [2.05, 4.69) is 0 Å². The van der Waals surface area contributed by atoms with E-state index in [1.807, 2.05) is 0 Å². The topological polar surface area (TPSA) is 0 Å². The van der Waals surface area contributed by atoms with E-state index in [4.69, 9.17) is 0 Å². The Morgan fingerprint density at radius 2 is 1.33 bits per heavy atom. The van der Waals surface area contributed by atoms with Crippen LogP contribution in [0.2, 0.25) is 0 Å². The highest BCUT2D eigenvalue weighted by molar-refractivity contribution is 8.01. The third-order valence-electron chi connectivity index (χ3n) is 1.32. The zero-order chi connectivity index (χ0) is 9.78. The molecule has 0 aromatic rings. The second-order valence-electron chi connectivity index (χ2n) is 2.15. The van der Waals surface area contributed by atoms with Crippen molar-refractivity contribution >= 4 is 11.8 Å². The van der Waals surface area contributed by atoms with E-state index in [-0.39, 0.29) is 0 Å². The minimum atomic E-state index is -5.62. The molecule has 0 bridgehead atoms. The van der Waals surface area contributed by atoms with Crippen LogP contribution in [-0.4, -0.2) is 22.6 Å². The highest BCUT2D eigenvalue weighted by atomic mass is 32.2. The summed E-state index contributed by atoms with van der Waals surface area (Å²) in [6.07, 6.45) is 0. The Hall–Kier alpha value is -0.140. The Kier molecular flexibility index (Phi) is 1.83. The van der Waals surface area contributed by atoms with Gasteiger partial charge < -0.3 is 0 Å². The molecule has 1 rings (SSSR count). The smallest absolute Gasteiger partial charge is 0.228 e. The molecule has 0 radical (unpaired) electrons. The summed E-state index contributed by atoms with van der Waals surface area (Å²) in [6.45, 7) is 0. The molecule has 1 aliphatic heterocycles. The van der Waals surface area contributed by atoms with Gasteiger partial charge in [-0.1, -0.05) is 0 Å². The molecule has 0 nitrogen and oxygen atoms in total. The lowest BCUT2D eigenvalue weighted by Gasteiger charge is -2.21. The highest BCUT2D eigenvalue weighted by Crippen LogP contribution is 2.62. The van der Waals surface area contributed by atoms with Crippen LogP contribution in [-0.2, 0) is 0 Å². The summed E-state index contributed by atoms with van der Waals surface area (Å²) in [6, 6.07) is 0. The summed E-state index contributed by atoms with van der Waals surface area (Å²) < 4.78 is 83.8. The van der Waals surface area contributed by atoms with E-state index in [1.165, 1.54) is 0 Å². The molecule has 72 valence electrons. The molecule has 1 atom stereocenters. The van der Waals surface area contributed by atoms with Gasteiger partial charge in [0.25, 0.3) is 0 Å². The molecule has 0 aliphatic carbocycles. The normalized spacial score (nSPS) is 36.8. The maximum atomic E-state index is 12.0. The molecule has 0 saturated carbocycles. The summed E-state index contributed by atoms with van der Waals surface area (Å²) >= 11 is -1.36. The SMILES string of the molecule is FC1SC(F)(F)C(F)(F)C1(F)F. The van der Waals surface area contributed by atoms with Crippen LogP contribution in [0.1, 0.15) is 0 Å². The zero-order valence-corrected chi connectivity index (χ0v) is 5.95. The Morgan fingerprint density at radius 1 is 0.917 bits per heavy atom. The van der Waals surface area contributed by atoms with Crippen molar-refractivity contribution in [1.82, 2.24) is 0 Å². The van der Waals surface area contributed by atoms with Crippen LogP contribution in [0.5, 0.6) is 0 Å². The third kappa shape index (κ3) is 0.929. The molecule has 0 spiro atoms. The number of halogens is 7. The Labute approximate surface area is 66.1 Å². The van der Waals surface area contributed by atoms with Crippen molar-refractivity contribution in [2.24, 2.45) is 0 Å². The van der Waals surface area contributed by atoms with Crippen LogP contribution >= 0.6 is 11.8 Å². The first-order valence-electron chi connectivity index (χ1n) is 2.58. The van der Waals surface area contributed by atoms with Crippen molar-refractivity contribution in [3.8, 4) is 0 Å².